The van der Waals surface area contributed by atoms with Gasteiger partial charge in [0.25, 0.3) is 0 Å². The monoisotopic (exact) mass is 351 g/mol. The summed E-state index contributed by atoms with van der Waals surface area (Å²) >= 11 is 5.12. The molecule has 7 heteroatoms. The van der Waals surface area contributed by atoms with Crippen LogP contribution in [-0.4, -0.2) is 29.6 Å². The Morgan fingerprint density at radius 3 is 2.52 bits per heavy atom. The van der Waals surface area contributed by atoms with Crippen molar-refractivity contribution in [2.45, 2.75) is 0 Å². The van der Waals surface area contributed by atoms with Crippen LogP contribution in [0.15, 0.2) is 64.9 Å². The van der Waals surface area contributed by atoms with E-state index in [1.54, 1.807) is 19.5 Å². The lowest BCUT2D eigenvalue weighted by atomic mass is 10.2. The van der Waals surface area contributed by atoms with Crippen LogP contribution < -0.4 is 15.6 Å². The van der Waals surface area contributed by atoms with Crippen LogP contribution in [0.25, 0.3) is 10.9 Å². The van der Waals surface area contributed by atoms with Crippen LogP contribution in [-0.2, 0) is 0 Å². The number of thiocarbonyl (C=S) groups is 1. The number of H-pyrrole nitrogens is 1. The van der Waals surface area contributed by atoms with E-state index in [9.17, 15) is 0 Å². The van der Waals surface area contributed by atoms with Crippen LogP contribution in [0.4, 0.5) is 0 Å². The number of hydrogen-bond donors (Lipinski definition) is 3. The quantitative estimate of drug-likeness (QED) is 0.375. The fourth-order valence-electron chi connectivity index (χ4n) is 2.24. The average molecular weight is 351 g/mol. The van der Waals surface area contributed by atoms with Crippen LogP contribution >= 0.6 is 12.2 Å². The van der Waals surface area contributed by atoms with Gasteiger partial charge in [-0.2, -0.15) is 10.2 Å². The first-order valence-corrected chi connectivity index (χ1v) is 7.99. The molecule has 0 bridgehead atoms. The number of rotatable bonds is 5. The lowest BCUT2D eigenvalue weighted by Crippen LogP contribution is -2.28. The Kier molecular flexibility index (Phi) is 5.38. The fourth-order valence-corrected chi connectivity index (χ4v) is 2.35. The molecular formula is C18H17N5OS. The third kappa shape index (κ3) is 4.42. The SMILES string of the molecule is COc1ccc(/C=N/NC(=S)N/N=C/c2c[nH]c3ccccc23)cc1. The molecule has 0 fully saturated rings. The number of ether oxygens (including phenoxy) is 1. The van der Waals surface area contributed by atoms with Crippen LogP contribution in [0, 0.1) is 0 Å². The molecule has 0 atom stereocenters. The predicted molar refractivity (Wildman–Crippen MR) is 105 cm³/mol. The standard InChI is InChI=1S/C18H17N5OS/c1-24-15-8-6-13(7-9-15)10-20-22-18(25)23-21-12-14-11-19-17-5-3-2-4-16(14)17/h2-12,19H,1H3,(H2,22,23,25)/b20-10+,21-12+. The molecule has 0 spiro atoms. The lowest BCUT2D eigenvalue weighted by molar-refractivity contribution is 0.415. The van der Waals surface area contributed by atoms with Crippen LogP contribution in [0.1, 0.15) is 11.1 Å². The zero-order chi connectivity index (χ0) is 17.5. The molecule has 1 heterocycles. The number of hydrazone groups is 2. The summed E-state index contributed by atoms with van der Waals surface area (Å²) in [5.74, 6) is 0.800. The van der Waals surface area contributed by atoms with E-state index in [1.807, 2.05) is 54.7 Å². The molecule has 0 aliphatic carbocycles. The van der Waals surface area contributed by atoms with Crippen molar-refractivity contribution in [2.24, 2.45) is 10.2 Å². The van der Waals surface area contributed by atoms with Gasteiger partial charge >= 0.3 is 0 Å². The number of benzene rings is 2. The summed E-state index contributed by atoms with van der Waals surface area (Å²) in [6.07, 6.45) is 5.27. The summed E-state index contributed by atoms with van der Waals surface area (Å²) in [4.78, 5) is 3.19. The Hall–Kier alpha value is -3.19. The van der Waals surface area contributed by atoms with Gasteiger partial charge in [-0.25, -0.2) is 0 Å². The van der Waals surface area contributed by atoms with E-state index in [-0.39, 0.29) is 0 Å². The highest BCUT2D eigenvalue weighted by atomic mass is 32.1. The number of methoxy groups -OCH3 is 1. The van der Waals surface area contributed by atoms with E-state index in [0.29, 0.717) is 5.11 Å². The molecule has 0 aliphatic rings. The summed E-state index contributed by atoms with van der Waals surface area (Å²) in [6.45, 7) is 0. The van der Waals surface area contributed by atoms with Crippen molar-refractivity contribution in [2.75, 3.05) is 7.11 Å². The largest absolute Gasteiger partial charge is 0.497 e. The van der Waals surface area contributed by atoms with E-state index < -0.39 is 0 Å². The Bertz CT molecular complexity index is 915. The zero-order valence-electron chi connectivity index (χ0n) is 13.6. The Morgan fingerprint density at radius 1 is 1.04 bits per heavy atom. The molecule has 3 rings (SSSR count). The van der Waals surface area contributed by atoms with Gasteiger partial charge in [-0.3, -0.25) is 10.9 Å². The molecule has 3 aromatic rings. The van der Waals surface area contributed by atoms with Gasteiger partial charge in [0.2, 0.25) is 5.11 Å². The molecular weight excluding hydrogens is 334 g/mol. The first kappa shape index (κ1) is 16.7. The first-order valence-electron chi connectivity index (χ1n) is 7.58. The maximum atomic E-state index is 5.12. The number of para-hydroxylation sites is 1. The predicted octanol–water partition coefficient (Wildman–Crippen LogP) is 3.01. The van der Waals surface area contributed by atoms with Crippen LogP contribution in [0.5, 0.6) is 5.75 Å². The summed E-state index contributed by atoms with van der Waals surface area (Å²) in [7, 11) is 1.63. The van der Waals surface area contributed by atoms with Crippen LogP contribution in [0.2, 0.25) is 0 Å². The molecule has 2 aromatic carbocycles. The number of fused-ring (bicyclic) bond motifs is 1. The highest BCUT2D eigenvalue weighted by Crippen LogP contribution is 2.15. The number of hydrogen-bond acceptors (Lipinski definition) is 4. The van der Waals surface area contributed by atoms with Gasteiger partial charge in [-0.05, 0) is 48.1 Å². The van der Waals surface area contributed by atoms with Crippen molar-refractivity contribution in [1.29, 1.82) is 0 Å². The van der Waals surface area contributed by atoms with Gasteiger partial charge in [0.1, 0.15) is 5.75 Å². The molecule has 126 valence electrons. The summed E-state index contributed by atoms with van der Waals surface area (Å²) < 4.78 is 5.10. The second kappa shape index (κ2) is 8.07. The highest BCUT2D eigenvalue weighted by Gasteiger charge is 1.99. The number of nitrogens with one attached hydrogen (secondary N) is 3. The Labute approximate surface area is 150 Å². The van der Waals surface area contributed by atoms with Gasteiger partial charge in [0, 0.05) is 22.7 Å². The van der Waals surface area contributed by atoms with E-state index in [0.717, 1.165) is 27.8 Å². The third-order valence-corrected chi connectivity index (χ3v) is 3.67. The van der Waals surface area contributed by atoms with E-state index in [2.05, 4.69) is 26.0 Å². The van der Waals surface area contributed by atoms with Gasteiger partial charge in [0.15, 0.2) is 0 Å². The maximum Gasteiger partial charge on any atom is 0.207 e. The molecule has 0 saturated heterocycles. The smallest absolute Gasteiger partial charge is 0.207 e. The molecule has 0 aliphatic heterocycles. The lowest BCUT2D eigenvalue weighted by Gasteiger charge is -2.01. The van der Waals surface area contributed by atoms with Crippen LogP contribution in [0.3, 0.4) is 0 Å². The first-order chi connectivity index (χ1) is 12.3. The summed E-state index contributed by atoms with van der Waals surface area (Å²) in [5, 5.41) is 9.59. The number of aromatic amines is 1. The maximum absolute atomic E-state index is 5.12. The minimum Gasteiger partial charge on any atom is -0.497 e. The molecule has 0 amide bonds. The Morgan fingerprint density at radius 2 is 1.76 bits per heavy atom. The minimum atomic E-state index is 0.306. The van der Waals surface area contributed by atoms with Gasteiger partial charge < -0.3 is 9.72 Å². The zero-order valence-corrected chi connectivity index (χ0v) is 14.4. The molecule has 0 radical (unpaired) electrons. The average Bonchev–Trinajstić information content (AvgIpc) is 3.06. The van der Waals surface area contributed by atoms with Crippen molar-refractivity contribution in [1.82, 2.24) is 15.8 Å². The number of aromatic nitrogens is 1. The van der Waals surface area contributed by atoms with Crippen molar-refractivity contribution in [3.8, 4) is 5.75 Å². The van der Waals surface area contributed by atoms with Crippen molar-refractivity contribution in [3.05, 3.63) is 65.9 Å². The second-order valence-corrected chi connectivity index (χ2v) is 5.54. The van der Waals surface area contributed by atoms with E-state index in [1.165, 1.54) is 0 Å². The van der Waals surface area contributed by atoms with Gasteiger partial charge in [-0.15, -0.1) is 0 Å². The van der Waals surface area contributed by atoms with E-state index in [4.69, 9.17) is 17.0 Å². The van der Waals surface area contributed by atoms with Gasteiger partial charge in [-0.1, -0.05) is 18.2 Å². The van der Waals surface area contributed by atoms with Crippen molar-refractivity contribution in [3.63, 3.8) is 0 Å². The second-order valence-electron chi connectivity index (χ2n) is 5.13. The fraction of sp³-hybridized carbons (Fsp3) is 0.0556. The highest BCUT2D eigenvalue weighted by molar-refractivity contribution is 7.80. The van der Waals surface area contributed by atoms with Gasteiger partial charge in [0.05, 0.1) is 19.5 Å². The Balaban J connectivity index is 1.51. The molecule has 6 nitrogen and oxygen atoms in total. The molecule has 25 heavy (non-hydrogen) atoms. The number of nitrogens with zero attached hydrogens (tertiary/aromatic N) is 2. The molecule has 0 unspecified atom stereocenters. The minimum absolute atomic E-state index is 0.306. The van der Waals surface area contributed by atoms with Crippen molar-refractivity contribution < 1.29 is 4.74 Å². The summed E-state index contributed by atoms with van der Waals surface area (Å²) in [6, 6.07) is 15.5. The molecule has 3 N–H and O–H groups in total. The topological polar surface area (TPSA) is 73.8 Å². The molecule has 1 aromatic heterocycles. The molecule has 0 saturated carbocycles. The van der Waals surface area contributed by atoms with E-state index >= 15 is 0 Å². The third-order valence-electron chi connectivity index (χ3n) is 3.49. The normalized spacial score (nSPS) is 11.2. The van der Waals surface area contributed by atoms with Crippen molar-refractivity contribution >= 4 is 40.7 Å². The summed E-state index contributed by atoms with van der Waals surface area (Å²) in [5.41, 5.74) is 8.42.